The van der Waals surface area contributed by atoms with Gasteiger partial charge in [-0.3, -0.25) is 19.1 Å². The van der Waals surface area contributed by atoms with E-state index in [-0.39, 0.29) is 12.3 Å². The lowest BCUT2D eigenvalue weighted by Crippen LogP contribution is -2.27. The highest BCUT2D eigenvalue weighted by Crippen LogP contribution is 2.32. The van der Waals surface area contributed by atoms with Gasteiger partial charge in [0, 0.05) is 41.8 Å². The van der Waals surface area contributed by atoms with E-state index in [1.54, 1.807) is 30.7 Å². The number of rotatable bonds is 6. The van der Waals surface area contributed by atoms with Gasteiger partial charge in [0.2, 0.25) is 15.9 Å². The Morgan fingerprint density at radius 1 is 0.949 bits per heavy atom. The number of fused-ring (bicyclic) bond motifs is 2. The van der Waals surface area contributed by atoms with Crippen molar-refractivity contribution >= 4 is 38.2 Å². The molecule has 0 radical (unpaired) electrons. The van der Waals surface area contributed by atoms with Crippen LogP contribution >= 0.6 is 0 Å². The molecule has 1 amide bonds. The lowest BCUT2D eigenvalue weighted by molar-refractivity contribution is -0.115. The monoisotopic (exact) mass is 535 g/mol. The maximum atomic E-state index is 12.8. The largest absolute Gasteiger partial charge is 0.326 e. The molecule has 0 aliphatic carbocycles. The Labute approximate surface area is 226 Å². The fourth-order valence-corrected chi connectivity index (χ4v) is 5.81. The van der Waals surface area contributed by atoms with Crippen LogP contribution in [0.3, 0.4) is 0 Å². The minimum atomic E-state index is -3.37. The number of nitrogens with one attached hydrogen (secondary N) is 1. The van der Waals surface area contributed by atoms with Crippen molar-refractivity contribution in [3.05, 3.63) is 103 Å². The van der Waals surface area contributed by atoms with Gasteiger partial charge in [-0.25, -0.2) is 13.4 Å². The summed E-state index contributed by atoms with van der Waals surface area (Å²) in [6.45, 7) is 0.412. The molecule has 0 spiro atoms. The zero-order valence-corrected chi connectivity index (χ0v) is 22.0. The normalized spacial score (nSPS) is 12.9. The van der Waals surface area contributed by atoms with E-state index in [9.17, 15) is 13.2 Å². The number of aromatic nitrogens is 3. The van der Waals surface area contributed by atoms with Crippen LogP contribution in [0, 0.1) is 0 Å². The molecule has 3 aromatic heterocycles. The van der Waals surface area contributed by atoms with Gasteiger partial charge in [0.05, 0.1) is 35.3 Å². The van der Waals surface area contributed by atoms with Crippen LogP contribution in [-0.2, 0) is 27.7 Å². The lowest BCUT2D eigenvalue weighted by atomic mass is 10.0. The van der Waals surface area contributed by atoms with Crippen LogP contribution in [0.25, 0.3) is 33.3 Å². The molecule has 2 aromatic carbocycles. The van der Waals surface area contributed by atoms with Crippen molar-refractivity contribution in [2.75, 3.05) is 22.4 Å². The van der Waals surface area contributed by atoms with Gasteiger partial charge in [-0.05, 0) is 71.6 Å². The number of nitrogens with zero attached hydrogens (tertiary/aromatic N) is 4. The summed E-state index contributed by atoms with van der Waals surface area (Å²) in [6.07, 6.45) is 7.18. The molecular weight excluding hydrogens is 510 g/mol. The number of benzene rings is 2. The fraction of sp³-hybridized carbons (Fsp3) is 0.133. The smallest absolute Gasteiger partial charge is 0.232 e. The number of pyridine rings is 3. The number of hydrogen-bond acceptors (Lipinski definition) is 6. The molecule has 8 nitrogen and oxygen atoms in total. The average molecular weight is 536 g/mol. The van der Waals surface area contributed by atoms with E-state index in [1.807, 2.05) is 48.5 Å². The third-order valence-electron chi connectivity index (χ3n) is 6.77. The van der Waals surface area contributed by atoms with Crippen molar-refractivity contribution in [3.8, 4) is 22.4 Å². The summed E-state index contributed by atoms with van der Waals surface area (Å²) in [5.41, 5.74) is 7.43. The van der Waals surface area contributed by atoms with Crippen molar-refractivity contribution in [2.45, 2.75) is 12.8 Å². The van der Waals surface area contributed by atoms with E-state index in [4.69, 9.17) is 4.98 Å². The zero-order valence-electron chi connectivity index (χ0n) is 21.2. The Kier molecular flexibility index (Phi) is 6.28. The molecule has 1 N–H and O–H groups in total. The second kappa shape index (κ2) is 9.92. The zero-order chi connectivity index (χ0) is 27.0. The molecule has 0 saturated carbocycles. The predicted molar refractivity (Wildman–Crippen MR) is 153 cm³/mol. The minimum absolute atomic E-state index is 0.0618. The Morgan fingerprint density at radius 3 is 2.59 bits per heavy atom. The highest BCUT2D eigenvalue weighted by Gasteiger charge is 2.26. The Morgan fingerprint density at radius 2 is 1.77 bits per heavy atom. The molecule has 0 bridgehead atoms. The molecule has 9 heteroatoms. The van der Waals surface area contributed by atoms with Crippen LogP contribution in [0.1, 0.15) is 11.3 Å². The first-order chi connectivity index (χ1) is 18.8. The molecule has 6 rings (SSSR count). The van der Waals surface area contributed by atoms with Crippen LogP contribution in [0.2, 0.25) is 0 Å². The van der Waals surface area contributed by atoms with E-state index >= 15 is 0 Å². The molecule has 4 heterocycles. The van der Waals surface area contributed by atoms with Crippen LogP contribution in [-0.4, -0.2) is 42.1 Å². The van der Waals surface area contributed by atoms with Crippen LogP contribution in [0.4, 0.5) is 11.4 Å². The number of sulfonamides is 1. The standard InChI is InChI=1S/C30H25N5O3S/c1-39(37,38)35-14-11-21-5-7-25(17-29(21)35)33-30(36)18-26-16-28-24(19-32-26)6-8-27(34-28)23-4-2-3-22(15-23)20-9-12-31-13-10-20/h2-10,12-13,15-17,19H,11,14,18H2,1H3,(H,33,36). The summed E-state index contributed by atoms with van der Waals surface area (Å²) >= 11 is 0. The van der Waals surface area contributed by atoms with Gasteiger partial charge >= 0.3 is 0 Å². The van der Waals surface area contributed by atoms with Crippen molar-refractivity contribution < 1.29 is 13.2 Å². The number of amides is 1. The molecule has 0 saturated heterocycles. The van der Waals surface area contributed by atoms with Crippen molar-refractivity contribution in [1.29, 1.82) is 0 Å². The van der Waals surface area contributed by atoms with Gasteiger partial charge in [0.15, 0.2) is 0 Å². The van der Waals surface area contributed by atoms with Gasteiger partial charge in [-0.2, -0.15) is 0 Å². The van der Waals surface area contributed by atoms with E-state index < -0.39 is 10.0 Å². The number of carbonyl (C=O) groups excluding carboxylic acids is 1. The first-order valence-electron chi connectivity index (χ1n) is 12.5. The maximum Gasteiger partial charge on any atom is 0.232 e. The summed E-state index contributed by atoms with van der Waals surface area (Å²) in [5, 5.41) is 3.76. The third kappa shape index (κ3) is 5.21. The Bertz CT molecular complexity index is 1820. The Balaban J connectivity index is 1.21. The molecule has 1 aliphatic heterocycles. The van der Waals surface area contributed by atoms with E-state index in [2.05, 4.69) is 27.4 Å². The molecule has 5 aromatic rings. The highest BCUT2D eigenvalue weighted by atomic mass is 32.2. The lowest BCUT2D eigenvalue weighted by Gasteiger charge is -2.17. The van der Waals surface area contributed by atoms with Crippen LogP contribution in [0.5, 0.6) is 0 Å². The summed E-state index contributed by atoms with van der Waals surface area (Å²) in [4.78, 5) is 26.3. The van der Waals surface area contributed by atoms with Gasteiger partial charge in [0.1, 0.15) is 0 Å². The summed E-state index contributed by atoms with van der Waals surface area (Å²) in [7, 11) is -3.37. The van der Waals surface area contributed by atoms with Crippen LogP contribution in [0.15, 0.2) is 91.4 Å². The van der Waals surface area contributed by atoms with Gasteiger partial charge in [-0.1, -0.05) is 24.3 Å². The topological polar surface area (TPSA) is 105 Å². The predicted octanol–water partition coefficient (Wildman–Crippen LogP) is 4.86. The first-order valence-corrected chi connectivity index (χ1v) is 14.4. The molecule has 1 aliphatic rings. The van der Waals surface area contributed by atoms with E-state index in [1.165, 1.54) is 10.6 Å². The number of anilines is 2. The fourth-order valence-electron chi connectivity index (χ4n) is 4.86. The van der Waals surface area contributed by atoms with E-state index in [0.717, 1.165) is 38.9 Å². The quantitative estimate of drug-likeness (QED) is 0.333. The second-order valence-corrected chi connectivity index (χ2v) is 11.4. The summed E-state index contributed by atoms with van der Waals surface area (Å²) in [6, 6.07) is 23.3. The third-order valence-corrected chi connectivity index (χ3v) is 7.95. The van der Waals surface area contributed by atoms with Crippen molar-refractivity contribution in [2.24, 2.45) is 0 Å². The van der Waals surface area contributed by atoms with Crippen LogP contribution < -0.4 is 9.62 Å². The summed E-state index contributed by atoms with van der Waals surface area (Å²) < 4.78 is 25.6. The maximum absolute atomic E-state index is 12.8. The molecule has 0 atom stereocenters. The van der Waals surface area contributed by atoms with Crippen molar-refractivity contribution in [3.63, 3.8) is 0 Å². The highest BCUT2D eigenvalue weighted by molar-refractivity contribution is 7.92. The number of carbonyl (C=O) groups is 1. The van der Waals surface area contributed by atoms with Gasteiger partial charge < -0.3 is 5.32 Å². The molecule has 39 heavy (non-hydrogen) atoms. The first kappa shape index (κ1) is 24.7. The average Bonchev–Trinajstić information content (AvgIpc) is 3.37. The molecule has 194 valence electrons. The van der Waals surface area contributed by atoms with Crippen molar-refractivity contribution in [1.82, 2.24) is 15.0 Å². The SMILES string of the molecule is CS(=O)(=O)N1CCc2ccc(NC(=O)Cc3cc4nc(-c5cccc(-c6ccncc6)c5)ccc4cn3)cc21. The van der Waals surface area contributed by atoms with Gasteiger partial charge in [-0.15, -0.1) is 0 Å². The number of hydrogen-bond donors (Lipinski definition) is 1. The van der Waals surface area contributed by atoms with Gasteiger partial charge in [0.25, 0.3) is 0 Å². The molecule has 0 unspecified atom stereocenters. The Hall–Kier alpha value is -4.63. The molecule has 0 fully saturated rings. The molecular formula is C30H25N5O3S. The second-order valence-electron chi connectivity index (χ2n) is 9.54. The van der Waals surface area contributed by atoms with E-state index in [0.29, 0.717) is 30.0 Å². The summed E-state index contributed by atoms with van der Waals surface area (Å²) in [5.74, 6) is -0.244. The minimum Gasteiger partial charge on any atom is -0.326 e.